The van der Waals surface area contributed by atoms with Crippen molar-refractivity contribution in [1.82, 2.24) is 26.5 Å². The van der Waals surface area contributed by atoms with Gasteiger partial charge in [0, 0.05) is 18.5 Å². The number of para-hydroxylation sites is 1. The molecule has 0 fully saturated rings. The minimum Gasteiger partial charge on any atom is -0.445 e. The molecular weight excluding hydrogens is 386 g/mol. The van der Waals surface area contributed by atoms with E-state index in [1.807, 2.05) is 48.5 Å². The minimum atomic E-state index is -0.622. The molecule has 0 bridgehead atoms. The van der Waals surface area contributed by atoms with Gasteiger partial charge in [0.2, 0.25) is 0 Å². The summed E-state index contributed by atoms with van der Waals surface area (Å²) in [6, 6.07) is 19.4. The Morgan fingerprint density at radius 1 is 0.800 bits per heavy atom. The van der Waals surface area contributed by atoms with Crippen molar-refractivity contribution in [2.45, 2.75) is 6.61 Å². The molecule has 4 amide bonds. The summed E-state index contributed by atoms with van der Waals surface area (Å²) in [7, 11) is 0. The van der Waals surface area contributed by atoms with Crippen molar-refractivity contribution in [3.63, 3.8) is 0 Å². The Bertz CT molecular complexity index is 1030. The van der Waals surface area contributed by atoms with E-state index >= 15 is 0 Å². The minimum absolute atomic E-state index is 0.149. The first-order valence-corrected chi connectivity index (χ1v) is 9.26. The van der Waals surface area contributed by atoms with Crippen LogP contribution in [0.5, 0.6) is 0 Å². The zero-order chi connectivity index (χ0) is 21.2. The van der Waals surface area contributed by atoms with Gasteiger partial charge in [0.05, 0.1) is 5.52 Å². The fourth-order valence-electron chi connectivity index (χ4n) is 2.53. The summed E-state index contributed by atoms with van der Waals surface area (Å²) in [4.78, 5) is 39.7. The van der Waals surface area contributed by atoms with Crippen LogP contribution in [0.3, 0.4) is 0 Å². The van der Waals surface area contributed by atoms with Gasteiger partial charge in [-0.3, -0.25) is 10.2 Å². The van der Waals surface area contributed by atoms with E-state index in [-0.39, 0.29) is 25.4 Å². The van der Waals surface area contributed by atoms with Crippen LogP contribution in [-0.2, 0) is 11.3 Å². The van der Waals surface area contributed by atoms with Crippen molar-refractivity contribution in [1.29, 1.82) is 0 Å². The number of amides is 4. The van der Waals surface area contributed by atoms with Crippen molar-refractivity contribution < 1.29 is 19.1 Å². The van der Waals surface area contributed by atoms with Gasteiger partial charge in [-0.15, -0.1) is 0 Å². The van der Waals surface area contributed by atoms with E-state index in [1.165, 1.54) is 0 Å². The topological polar surface area (TPSA) is 121 Å². The second-order valence-corrected chi connectivity index (χ2v) is 6.21. The van der Waals surface area contributed by atoms with E-state index in [4.69, 9.17) is 4.74 Å². The number of hydrogen-bond donors (Lipinski definition) is 4. The van der Waals surface area contributed by atoms with Gasteiger partial charge in [0.15, 0.2) is 0 Å². The molecule has 0 aliphatic heterocycles. The zero-order valence-corrected chi connectivity index (χ0v) is 16.1. The molecule has 9 heteroatoms. The van der Waals surface area contributed by atoms with E-state index in [9.17, 15) is 14.4 Å². The van der Waals surface area contributed by atoms with Crippen LogP contribution in [-0.4, -0.2) is 36.1 Å². The van der Waals surface area contributed by atoms with Crippen molar-refractivity contribution in [3.05, 3.63) is 78.0 Å². The summed E-state index contributed by atoms with van der Waals surface area (Å²) < 4.78 is 5.05. The number of alkyl carbamates (subject to hydrolysis) is 1. The number of nitrogens with zero attached hydrogens (tertiary/aromatic N) is 1. The van der Waals surface area contributed by atoms with Crippen LogP contribution < -0.4 is 21.5 Å². The van der Waals surface area contributed by atoms with Crippen LogP contribution in [0.15, 0.2) is 66.7 Å². The highest BCUT2D eigenvalue weighted by Crippen LogP contribution is 2.11. The van der Waals surface area contributed by atoms with Gasteiger partial charge in [0.1, 0.15) is 12.3 Å². The maximum absolute atomic E-state index is 12.1. The van der Waals surface area contributed by atoms with Gasteiger partial charge in [0.25, 0.3) is 5.91 Å². The van der Waals surface area contributed by atoms with E-state index in [0.29, 0.717) is 5.52 Å². The number of nitrogens with one attached hydrogen (secondary N) is 4. The largest absolute Gasteiger partial charge is 0.445 e. The Morgan fingerprint density at radius 2 is 1.53 bits per heavy atom. The smallest absolute Gasteiger partial charge is 0.407 e. The quantitative estimate of drug-likeness (QED) is 0.368. The molecule has 0 aliphatic carbocycles. The summed E-state index contributed by atoms with van der Waals surface area (Å²) in [5.74, 6) is -0.543. The SMILES string of the molecule is O=C(NCCNC(=O)OCc1ccccc1)NNC(=O)c1ccc2ccccc2n1. The average molecular weight is 407 g/mol. The Morgan fingerprint density at radius 3 is 2.37 bits per heavy atom. The molecule has 2 aromatic carbocycles. The molecule has 1 heterocycles. The van der Waals surface area contributed by atoms with Crippen molar-refractivity contribution in [3.8, 4) is 0 Å². The fourth-order valence-corrected chi connectivity index (χ4v) is 2.53. The van der Waals surface area contributed by atoms with Gasteiger partial charge < -0.3 is 15.4 Å². The molecule has 0 aliphatic rings. The maximum Gasteiger partial charge on any atom is 0.407 e. The summed E-state index contributed by atoms with van der Waals surface area (Å²) >= 11 is 0. The number of benzene rings is 2. The summed E-state index contributed by atoms with van der Waals surface area (Å²) in [5, 5.41) is 5.92. The Hall–Kier alpha value is -4.14. The third-order valence-electron chi connectivity index (χ3n) is 4.01. The number of pyridine rings is 1. The van der Waals surface area contributed by atoms with E-state index in [2.05, 4.69) is 26.5 Å². The summed E-state index contributed by atoms with van der Waals surface area (Å²) in [6.45, 7) is 0.479. The molecule has 30 heavy (non-hydrogen) atoms. The molecule has 1 aromatic heterocycles. The molecule has 0 saturated heterocycles. The maximum atomic E-state index is 12.1. The zero-order valence-electron chi connectivity index (χ0n) is 16.1. The monoisotopic (exact) mass is 407 g/mol. The standard InChI is InChI=1S/C21H21N5O4/c27-19(18-11-10-16-8-4-5-9-17(16)24-18)25-26-20(28)22-12-13-23-21(29)30-14-15-6-2-1-3-7-15/h1-11H,12-14H2,(H,23,29)(H,25,27)(H2,22,26,28). The lowest BCUT2D eigenvalue weighted by molar-refractivity contribution is 0.0931. The Kier molecular flexibility index (Phi) is 7.15. The Labute approximate surface area is 172 Å². The first-order chi connectivity index (χ1) is 14.6. The molecule has 4 N–H and O–H groups in total. The van der Waals surface area contributed by atoms with E-state index < -0.39 is 18.0 Å². The lowest BCUT2D eigenvalue weighted by Gasteiger charge is -2.10. The van der Waals surface area contributed by atoms with Crippen molar-refractivity contribution in [2.24, 2.45) is 0 Å². The van der Waals surface area contributed by atoms with Crippen LogP contribution in [0.25, 0.3) is 10.9 Å². The number of hydrogen-bond acceptors (Lipinski definition) is 5. The third-order valence-corrected chi connectivity index (χ3v) is 4.01. The number of fused-ring (bicyclic) bond motifs is 1. The number of ether oxygens (including phenoxy) is 1. The first kappa shape index (κ1) is 20.6. The van der Waals surface area contributed by atoms with Crippen molar-refractivity contribution in [2.75, 3.05) is 13.1 Å². The normalized spacial score (nSPS) is 10.1. The molecular formula is C21H21N5O4. The highest BCUT2D eigenvalue weighted by molar-refractivity contribution is 5.95. The first-order valence-electron chi connectivity index (χ1n) is 9.26. The molecule has 3 aromatic rings. The molecule has 0 atom stereocenters. The van der Waals surface area contributed by atoms with Crippen LogP contribution in [0.1, 0.15) is 16.1 Å². The summed E-state index contributed by atoms with van der Waals surface area (Å²) in [6.07, 6.45) is -0.586. The van der Waals surface area contributed by atoms with Crippen LogP contribution in [0.2, 0.25) is 0 Å². The lowest BCUT2D eigenvalue weighted by atomic mass is 10.2. The van der Waals surface area contributed by atoms with Gasteiger partial charge >= 0.3 is 12.1 Å². The molecule has 0 radical (unpaired) electrons. The number of rotatable bonds is 6. The highest BCUT2D eigenvalue weighted by atomic mass is 16.5. The molecule has 0 spiro atoms. The number of hydrazine groups is 1. The molecule has 0 saturated carbocycles. The third kappa shape index (κ3) is 6.20. The number of carbonyl (C=O) groups excluding carboxylic acids is 3. The second kappa shape index (κ2) is 10.4. The van der Waals surface area contributed by atoms with Gasteiger partial charge in [-0.1, -0.05) is 54.6 Å². The second-order valence-electron chi connectivity index (χ2n) is 6.21. The van der Waals surface area contributed by atoms with Gasteiger partial charge in [-0.05, 0) is 17.7 Å². The lowest BCUT2D eigenvalue weighted by Crippen LogP contribution is -2.48. The molecule has 9 nitrogen and oxygen atoms in total. The van der Waals surface area contributed by atoms with Gasteiger partial charge in [-0.25, -0.2) is 20.0 Å². The summed E-state index contributed by atoms with van der Waals surface area (Å²) in [5.41, 5.74) is 6.24. The Balaban J connectivity index is 1.31. The molecule has 154 valence electrons. The molecule has 3 rings (SSSR count). The van der Waals surface area contributed by atoms with Crippen LogP contribution in [0, 0.1) is 0 Å². The average Bonchev–Trinajstić information content (AvgIpc) is 2.79. The fraction of sp³-hybridized carbons (Fsp3) is 0.143. The van der Waals surface area contributed by atoms with Crippen molar-refractivity contribution >= 4 is 28.9 Å². The highest BCUT2D eigenvalue weighted by Gasteiger charge is 2.09. The number of carbonyl (C=O) groups is 3. The van der Waals surface area contributed by atoms with Crippen LogP contribution in [0.4, 0.5) is 9.59 Å². The number of urea groups is 1. The van der Waals surface area contributed by atoms with Gasteiger partial charge in [-0.2, -0.15) is 0 Å². The van der Waals surface area contributed by atoms with E-state index in [1.54, 1.807) is 18.2 Å². The number of aromatic nitrogens is 1. The predicted octanol–water partition coefficient (Wildman–Crippen LogP) is 2.11. The molecule has 0 unspecified atom stereocenters. The van der Waals surface area contributed by atoms with E-state index in [0.717, 1.165) is 10.9 Å². The predicted molar refractivity (Wildman–Crippen MR) is 110 cm³/mol. The van der Waals surface area contributed by atoms with Crippen LogP contribution >= 0.6 is 0 Å².